The minimum Gasteiger partial charge on any atom is -0.497 e. The van der Waals surface area contributed by atoms with Crippen molar-refractivity contribution in [1.82, 2.24) is 9.47 Å². The Labute approximate surface area is 134 Å². The van der Waals surface area contributed by atoms with Gasteiger partial charge in [0.25, 0.3) is 5.56 Å². The van der Waals surface area contributed by atoms with Crippen LogP contribution in [0.1, 0.15) is 10.4 Å². The van der Waals surface area contributed by atoms with Gasteiger partial charge < -0.3 is 19.3 Å². The predicted molar refractivity (Wildman–Crippen MR) is 88.2 cm³/mol. The maximum atomic E-state index is 12.5. The molecule has 0 unspecified atom stereocenters. The number of rotatable bonds is 6. The smallest absolute Gasteiger partial charge is 0.341 e. The predicted octanol–water partition coefficient (Wildman–Crippen LogP) is 1.78. The zero-order valence-electron chi connectivity index (χ0n) is 13.4. The number of hydrogen-bond donors (Lipinski definition) is 1. The summed E-state index contributed by atoms with van der Waals surface area (Å²) >= 11 is 0. The molecule has 0 saturated carbocycles. The van der Waals surface area contributed by atoms with Gasteiger partial charge in [0.1, 0.15) is 11.3 Å². The largest absolute Gasteiger partial charge is 0.497 e. The van der Waals surface area contributed by atoms with Crippen LogP contribution >= 0.6 is 0 Å². The topological polar surface area (TPSA) is 71.8 Å². The molecule has 2 aromatic rings. The lowest BCUT2D eigenvalue weighted by Gasteiger charge is -2.16. The summed E-state index contributed by atoms with van der Waals surface area (Å²) in [5.41, 5.74) is 0.803. The van der Waals surface area contributed by atoms with E-state index in [1.807, 2.05) is 31.1 Å². The molecule has 0 radical (unpaired) electrons. The van der Waals surface area contributed by atoms with Crippen molar-refractivity contribution < 1.29 is 14.6 Å². The molecule has 0 spiro atoms. The molecular formula is C17H20N2O4. The van der Waals surface area contributed by atoms with Gasteiger partial charge >= 0.3 is 5.97 Å². The molecule has 0 fully saturated rings. The van der Waals surface area contributed by atoms with E-state index in [9.17, 15) is 9.59 Å². The van der Waals surface area contributed by atoms with E-state index in [1.165, 1.54) is 10.6 Å². The molecular weight excluding hydrogens is 296 g/mol. The van der Waals surface area contributed by atoms with Crippen molar-refractivity contribution in [3.63, 3.8) is 0 Å². The molecule has 0 aliphatic rings. The number of carboxylic acid groups (broad SMARTS) is 1. The minimum atomic E-state index is -1.21. The lowest BCUT2D eigenvalue weighted by Crippen LogP contribution is -2.31. The van der Waals surface area contributed by atoms with Crippen LogP contribution in [0.15, 0.2) is 41.2 Å². The third-order valence-electron chi connectivity index (χ3n) is 3.56. The van der Waals surface area contributed by atoms with Crippen molar-refractivity contribution >= 4 is 5.97 Å². The molecule has 0 atom stereocenters. The number of benzene rings is 1. The number of aromatic nitrogens is 1. The van der Waals surface area contributed by atoms with Crippen LogP contribution in [0.4, 0.5) is 0 Å². The molecule has 0 saturated heterocycles. The Kier molecular flexibility index (Phi) is 5.18. The van der Waals surface area contributed by atoms with Crippen LogP contribution in [0.3, 0.4) is 0 Å². The van der Waals surface area contributed by atoms with E-state index in [4.69, 9.17) is 9.84 Å². The number of nitrogens with zero attached hydrogens (tertiary/aromatic N) is 2. The lowest BCUT2D eigenvalue weighted by atomic mass is 10.1. The maximum absolute atomic E-state index is 12.5. The summed E-state index contributed by atoms with van der Waals surface area (Å²) in [6, 6.07) is 10.3. The summed E-state index contributed by atoms with van der Waals surface area (Å²) in [6.07, 6.45) is 0. The number of aromatic carboxylic acids is 1. The van der Waals surface area contributed by atoms with Crippen molar-refractivity contribution in [2.75, 3.05) is 27.7 Å². The van der Waals surface area contributed by atoms with Crippen molar-refractivity contribution in [2.45, 2.75) is 6.54 Å². The fourth-order valence-electron chi connectivity index (χ4n) is 2.28. The van der Waals surface area contributed by atoms with Gasteiger partial charge in [0.15, 0.2) is 0 Å². The highest BCUT2D eigenvalue weighted by molar-refractivity contribution is 5.87. The fourth-order valence-corrected chi connectivity index (χ4v) is 2.28. The van der Waals surface area contributed by atoms with Gasteiger partial charge in [0, 0.05) is 13.1 Å². The van der Waals surface area contributed by atoms with E-state index in [1.54, 1.807) is 25.3 Å². The first kappa shape index (κ1) is 16.8. The first-order valence-electron chi connectivity index (χ1n) is 7.20. The maximum Gasteiger partial charge on any atom is 0.341 e. The summed E-state index contributed by atoms with van der Waals surface area (Å²) in [5.74, 6) is -0.493. The quantitative estimate of drug-likeness (QED) is 0.879. The van der Waals surface area contributed by atoms with Crippen LogP contribution in [-0.2, 0) is 6.54 Å². The van der Waals surface area contributed by atoms with Gasteiger partial charge in [-0.3, -0.25) is 4.79 Å². The highest BCUT2D eigenvalue weighted by Crippen LogP contribution is 2.22. The van der Waals surface area contributed by atoms with Crippen molar-refractivity contribution in [2.24, 2.45) is 0 Å². The van der Waals surface area contributed by atoms with Crippen LogP contribution in [0, 0.1) is 0 Å². The number of likely N-dealkylation sites (N-methyl/N-ethyl adjacent to an activating group) is 1. The Balaban J connectivity index is 2.54. The highest BCUT2D eigenvalue weighted by Gasteiger charge is 2.15. The Hall–Kier alpha value is -2.60. The number of carboxylic acids is 1. The van der Waals surface area contributed by atoms with Gasteiger partial charge in [-0.05, 0) is 56.1 Å². The highest BCUT2D eigenvalue weighted by atomic mass is 16.5. The Bertz CT molecular complexity index is 748. The monoisotopic (exact) mass is 316 g/mol. The van der Waals surface area contributed by atoms with Crippen LogP contribution in [0.2, 0.25) is 0 Å². The van der Waals surface area contributed by atoms with E-state index in [-0.39, 0.29) is 5.56 Å². The SMILES string of the molecule is COc1ccc(-c2ccc(C(=O)O)c(=O)n2CCN(C)C)cc1. The van der Waals surface area contributed by atoms with E-state index in [0.29, 0.717) is 18.8 Å². The first-order chi connectivity index (χ1) is 10.9. The number of hydrogen-bond acceptors (Lipinski definition) is 4. The third-order valence-corrected chi connectivity index (χ3v) is 3.56. The van der Waals surface area contributed by atoms with Gasteiger partial charge in [-0.2, -0.15) is 0 Å². The molecule has 0 bridgehead atoms. The van der Waals surface area contributed by atoms with Crippen LogP contribution < -0.4 is 10.3 Å². The van der Waals surface area contributed by atoms with Gasteiger partial charge in [-0.15, -0.1) is 0 Å². The second-order valence-corrected chi connectivity index (χ2v) is 5.43. The Morgan fingerprint density at radius 1 is 1.17 bits per heavy atom. The molecule has 1 aromatic heterocycles. The molecule has 2 rings (SSSR count). The summed E-state index contributed by atoms with van der Waals surface area (Å²) in [6.45, 7) is 1.04. The van der Waals surface area contributed by atoms with E-state index >= 15 is 0 Å². The second kappa shape index (κ2) is 7.11. The molecule has 6 heteroatoms. The van der Waals surface area contributed by atoms with Crippen LogP contribution in [0.5, 0.6) is 5.75 Å². The lowest BCUT2D eigenvalue weighted by molar-refractivity contribution is 0.0694. The first-order valence-corrected chi connectivity index (χ1v) is 7.20. The van der Waals surface area contributed by atoms with Crippen molar-refractivity contribution in [3.05, 3.63) is 52.3 Å². The molecule has 1 heterocycles. The van der Waals surface area contributed by atoms with Gasteiger partial charge in [0.2, 0.25) is 0 Å². The van der Waals surface area contributed by atoms with E-state index in [0.717, 1.165) is 11.3 Å². The van der Waals surface area contributed by atoms with E-state index < -0.39 is 11.5 Å². The van der Waals surface area contributed by atoms with Gasteiger partial charge in [-0.1, -0.05) is 0 Å². The average molecular weight is 316 g/mol. The summed E-state index contributed by atoms with van der Waals surface area (Å²) < 4.78 is 6.64. The van der Waals surface area contributed by atoms with E-state index in [2.05, 4.69) is 0 Å². The zero-order valence-corrected chi connectivity index (χ0v) is 13.4. The summed E-state index contributed by atoms with van der Waals surface area (Å²) in [7, 11) is 5.39. The van der Waals surface area contributed by atoms with Crippen molar-refractivity contribution in [3.8, 4) is 17.0 Å². The number of methoxy groups -OCH3 is 1. The zero-order chi connectivity index (χ0) is 17.0. The fraction of sp³-hybridized carbons (Fsp3) is 0.294. The molecule has 6 nitrogen and oxygen atoms in total. The van der Waals surface area contributed by atoms with Crippen LogP contribution in [-0.4, -0.2) is 48.3 Å². The average Bonchev–Trinajstić information content (AvgIpc) is 2.53. The molecule has 1 aromatic carbocycles. The summed E-state index contributed by atoms with van der Waals surface area (Å²) in [5, 5.41) is 9.16. The molecule has 1 N–H and O–H groups in total. The Morgan fingerprint density at radius 2 is 1.83 bits per heavy atom. The molecule has 0 aliphatic carbocycles. The van der Waals surface area contributed by atoms with Gasteiger partial charge in [-0.25, -0.2) is 4.79 Å². The molecule has 0 amide bonds. The number of pyridine rings is 1. The number of carbonyl (C=O) groups is 1. The molecule has 0 aliphatic heterocycles. The van der Waals surface area contributed by atoms with Crippen molar-refractivity contribution in [1.29, 1.82) is 0 Å². The third kappa shape index (κ3) is 3.78. The van der Waals surface area contributed by atoms with Crippen LogP contribution in [0.25, 0.3) is 11.3 Å². The second-order valence-electron chi connectivity index (χ2n) is 5.43. The molecule has 122 valence electrons. The summed E-state index contributed by atoms with van der Waals surface area (Å²) in [4.78, 5) is 25.6. The normalized spacial score (nSPS) is 10.8. The van der Waals surface area contributed by atoms with Gasteiger partial charge in [0.05, 0.1) is 12.8 Å². The molecule has 23 heavy (non-hydrogen) atoms. The Morgan fingerprint density at radius 3 is 2.35 bits per heavy atom. The minimum absolute atomic E-state index is 0.221. The number of ether oxygens (including phenoxy) is 1. The standard InChI is InChI=1S/C17H20N2O4/c1-18(2)10-11-19-15(9-8-14(16(19)20)17(21)22)12-4-6-13(23-3)7-5-12/h4-9H,10-11H2,1-3H3,(H,21,22).